The van der Waals surface area contributed by atoms with Crippen molar-refractivity contribution in [3.05, 3.63) is 63.7 Å². The fourth-order valence-corrected chi connectivity index (χ4v) is 2.40. The molecule has 0 radical (unpaired) electrons. The van der Waals surface area contributed by atoms with Gasteiger partial charge in [0.1, 0.15) is 5.75 Å². The summed E-state index contributed by atoms with van der Waals surface area (Å²) >= 11 is 0. The van der Waals surface area contributed by atoms with Crippen molar-refractivity contribution < 1.29 is 14.5 Å². The molecule has 25 heavy (non-hydrogen) atoms. The molecular formula is C19H22N2O4. The van der Waals surface area contributed by atoms with Gasteiger partial charge in [-0.1, -0.05) is 38.1 Å². The van der Waals surface area contributed by atoms with Gasteiger partial charge in [0.2, 0.25) is 0 Å². The second-order valence-electron chi connectivity index (χ2n) is 6.20. The van der Waals surface area contributed by atoms with E-state index in [0.29, 0.717) is 11.4 Å². The van der Waals surface area contributed by atoms with E-state index in [2.05, 4.69) is 19.2 Å². The lowest BCUT2D eigenvalue weighted by molar-refractivity contribution is -0.384. The van der Waals surface area contributed by atoms with E-state index in [1.807, 2.05) is 24.3 Å². The number of carbonyl (C=O) groups is 1. The number of aryl methyl sites for hydroxylation is 1. The molecule has 6 heteroatoms. The van der Waals surface area contributed by atoms with Gasteiger partial charge in [0.05, 0.1) is 10.6 Å². The van der Waals surface area contributed by atoms with Crippen LogP contribution in [0.5, 0.6) is 5.75 Å². The van der Waals surface area contributed by atoms with Crippen LogP contribution in [0.15, 0.2) is 42.5 Å². The minimum atomic E-state index is -0.737. The number of hydrogen-bond donors (Lipinski definition) is 1. The first-order valence-electron chi connectivity index (χ1n) is 8.11. The van der Waals surface area contributed by atoms with Gasteiger partial charge in [-0.3, -0.25) is 14.9 Å². The average Bonchev–Trinajstić information content (AvgIpc) is 2.56. The number of carbonyl (C=O) groups excluding carboxylic acids is 1. The van der Waals surface area contributed by atoms with Gasteiger partial charge in [-0.05, 0) is 37.0 Å². The lowest BCUT2D eigenvalue weighted by atomic mass is 10.0. The molecular weight excluding hydrogens is 320 g/mol. The largest absolute Gasteiger partial charge is 0.481 e. The molecule has 0 unspecified atom stereocenters. The summed E-state index contributed by atoms with van der Waals surface area (Å²) in [6.07, 6.45) is -0.737. The number of benzene rings is 2. The standard InChI is InChI=1S/C19H22N2O4/c1-12(2)16-7-5-6-8-18(16)25-14(4)19(22)20-17-11-15(21(23)24)10-9-13(17)3/h5-12,14H,1-4H3,(H,20,22)/t14-/m0/s1. The van der Waals surface area contributed by atoms with Gasteiger partial charge in [0.15, 0.2) is 6.10 Å². The van der Waals surface area contributed by atoms with Gasteiger partial charge in [0, 0.05) is 12.1 Å². The van der Waals surface area contributed by atoms with E-state index < -0.39 is 11.0 Å². The molecule has 1 N–H and O–H groups in total. The van der Waals surface area contributed by atoms with Gasteiger partial charge in [-0.25, -0.2) is 0 Å². The van der Waals surface area contributed by atoms with E-state index in [1.165, 1.54) is 12.1 Å². The molecule has 1 atom stereocenters. The third-order valence-corrected chi connectivity index (χ3v) is 3.90. The summed E-state index contributed by atoms with van der Waals surface area (Å²) in [5, 5.41) is 13.6. The maximum Gasteiger partial charge on any atom is 0.271 e. The summed E-state index contributed by atoms with van der Waals surface area (Å²) in [7, 11) is 0. The Balaban J connectivity index is 2.14. The summed E-state index contributed by atoms with van der Waals surface area (Å²) < 4.78 is 5.81. The van der Waals surface area contributed by atoms with E-state index in [-0.39, 0.29) is 17.5 Å². The molecule has 132 valence electrons. The Bertz CT molecular complexity index is 787. The van der Waals surface area contributed by atoms with E-state index in [9.17, 15) is 14.9 Å². The predicted octanol–water partition coefficient (Wildman–Crippen LogP) is 4.43. The summed E-state index contributed by atoms with van der Waals surface area (Å²) in [5.41, 5.74) is 2.11. The van der Waals surface area contributed by atoms with Gasteiger partial charge >= 0.3 is 0 Å². The van der Waals surface area contributed by atoms with Gasteiger partial charge < -0.3 is 10.1 Å². The first-order chi connectivity index (χ1) is 11.8. The van der Waals surface area contributed by atoms with Crippen LogP contribution in [0.2, 0.25) is 0 Å². The molecule has 0 bridgehead atoms. The zero-order valence-electron chi connectivity index (χ0n) is 14.8. The van der Waals surface area contributed by atoms with Crippen LogP contribution in [0.3, 0.4) is 0 Å². The molecule has 2 aromatic carbocycles. The van der Waals surface area contributed by atoms with Crippen molar-refractivity contribution in [2.75, 3.05) is 5.32 Å². The predicted molar refractivity (Wildman–Crippen MR) is 97.1 cm³/mol. The van der Waals surface area contributed by atoms with E-state index in [1.54, 1.807) is 19.9 Å². The Labute approximate surface area is 147 Å². The number of hydrogen-bond acceptors (Lipinski definition) is 4. The van der Waals surface area contributed by atoms with Gasteiger partial charge in [0.25, 0.3) is 11.6 Å². The van der Waals surface area contributed by atoms with Gasteiger partial charge in [-0.15, -0.1) is 0 Å². The normalized spacial score (nSPS) is 11.9. The Morgan fingerprint density at radius 2 is 1.84 bits per heavy atom. The number of nitro benzene ring substituents is 1. The molecule has 0 aliphatic rings. The van der Waals surface area contributed by atoms with Crippen LogP contribution in [0.25, 0.3) is 0 Å². The zero-order valence-corrected chi connectivity index (χ0v) is 14.8. The highest BCUT2D eigenvalue weighted by Gasteiger charge is 2.19. The van der Waals surface area contributed by atoms with Crippen LogP contribution >= 0.6 is 0 Å². The van der Waals surface area contributed by atoms with Gasteiger partial charge in [-0.2, -0.15) is 0 Å². The van der Waals surface area contributed by atoms with E-state index in [0.717, 1.165) is 11.1 Å². The molecule has 0 saturated heterocycles. The zero-order chi connectivity index (χ0) is 18.6. The quantitative estimate of drug-likeness (QED) is 0.622. The molecule has 0 spiro atoms. The molecule has 0 saturated carbocycles. The highest BCUT2D eigenvalue weighted by atomic mass is 16.6. The van der Waals surface area contributed by atoms with Crippen molar-refractivity contribution in [3.63, 3.8) is 0 Å². The fraction of sp³-hybridized carbons (Fsp3) is 0.316. The molecule has 0 aliphatic heterocycles. The highest BCUT2D eigenvalue weighted by molar-refractivity contribution is 5.95. The number of non-ortho nitro benzene ring substituents is 1. The van der Waals surface area contributed by atoms with Crippen molar-refractivity contribution in [1.82, 2.24) is 0 Å². The monoisotopic (exact) mass is 342 g/mol. The summed E-state index contributed by atoms with van der Waals surface area (Å²) in [6, 6.07) is 11.9. The third kappa shape index (κ3) is 4.56. The fourth-order valence-electron chi connectivity index (χ4n) is 2.40. The number of rotatable bonds is 6. The lowest BCUT2D eigenvalue weighted by Crippen LogP contribution is -2.30. The Hall–Kier alpha value is -2.89. The summed E-state index contributed by atoms with van der Waals surface area (Å²) in [6.45, 7) is 7.54. The lowest BCUT2D eigenvalue weighted by Gasteiger charge is -2.19. The first kappa shape index (κ1) is 18.4. The molecule has 0 fully saturated rings. The van der Waals surface area contributed by atoms with Crippen molar-refractivity contribution in [1.29, 1.82) is 0 Å². The SMILES string of the molecule is Cc1ccc([N+](=O)[O-])cc1NC(=O)[C@H](C)Oc1ccccc1C(C)C. The number of anilines is 1. The van der Waals surface area contributed by atoms with Crippen molar-refractivity contribution in [2.45, 2.75) is 39.7 Å². The van der Waals surface area contributed by atoms with Crippen LogP contribution in [-0.2, 0) is 4.79 Å². The third-order valence-electron chi connectivity index (χ3n) is 3.90. The van der Waals surface area contributed by atoms with Crippen LogP contribution in [0.4, 0.5) is 11.4 Å². The number of amides is 1. The van der Waals surface area contributed by atoms with Crippen LogP contribution < -0.4 is 10.1 Å². The first-order valence-corrected chi connectivity index (χ1v) is 8.11. The molecule has 0 heterocycles. The van der Waals surface area contributed by atoms with Crippen molar-refractivity contribution in [3.8, 4) is 5.75 Å². The smallest absolute Gasteiger partial charge is 0.271 e. The maximum absolute atomic E-state index is 12.4. The molecule has 1 amide bonds. The Morgan fingerprint density at radius 3 is 2.48 bits per heavy atom. The average molecular weight is 342 g/mol. The minimum Gasteiger partial charge on any atom is -0.481 e. The van der Waals surface area contributed by atoms with Crippen molar-refractivity contribution in [2.24, 2.45) is 0 Å². The Kier molecular flexibility index (Phi) is 5.75. The number of nitrogens with one attached hydrogen (secondary N) is 1. The summed E-state index contributed by atoms with van der Waals surface area (Å²) in [5.74, 6) is 0.573. The topological polar surface area (TPSA) is 81.5 Å². The molecule has 6 nitrogen and oxygen atoms in total. The summed E-state index contributed by atoms with van der Waals surface area (Å²) in [4.78, 5) is 22.8. The highest BCUT2D eigenvalue weighted by Crippen LogP contribution is 2.27. The van der Waals surface area contributed by atoms with Crippen LogP contribution in [0.1, 0.15) is 37.8 Å². The van der Waals surface area contributed by atoms with Crippen LogP contribution in [0, 0.1) is 17.0 Å². The second kappa shape index (κ2) is 7.79. The number of ether oxygens (including phenoxy) is 1. The molecule has 0 aliphatic carbocycles. The van der Waals surface area contributed by atoms with Crippen LogP contribution in [-0.4, -0.2) is 16.9 Å². The van der Waals surface area contributed by atoms with E-state index >= 15 is 0 Å². The maximum atomic E-state index is 12.4. The molecule has 2 aromatic rings. The number of para-hydroxylation sites is 1. The Morgan fingerprint density at radius 1 is 1.16 bits per heavy atom. The molecule has 0 aromatic heterocycles. The number of nitrogens with zero attached hydrogens (tertiary/aromatic N) is 1. The number of nitro groups is 1. The second-order valence-corrected chi connectivity index (χ2v) is 6.20. The van der Waals surface area contributed by atoms with E-state index in [4.69, 9.17) is 4.74 Å². The minimum absolute atomic E-state index is 0.0698. The van der Waals surface area contributed by atoms with Crippen molar-refractivity contribution >= 4 is 17.3 Å². The molecule has 2 rings (SSSR count).